The quantitative estimate of drug-likeness (QED) is 0.324. The second kappa shape index (κ2) is 8.96. The molecule has 0 spiro atoms. The van der Waals surface area contributed by atoms with Gasteiger partial charge >= 0.3 is 5.69 Å². The molecule has 1 fully saturated rings. The second-order valence-electron chi connectivity index (χ2n) is 8.74. The molecule has 1 amide bonds. The van der Waals surface area contributed by atoms with Crippen molar-refractivity contribution in [2.24, 2.45) is 0 Å². The van der Waals surface area contributed by atoms with Gasteiger partial charge in [-0.3, -0.25) is 4.79 Å². The van der Waals surface area contributed by atoms with Gasteiger partial charge in [0.2, 0.25) is 0 Å². The zero-order valence-electron chi connectivity index (χ0n) is 19.3. The van der Waals surface area contributed by atoms with Gasteiger partial charge in [-0.1, -0.05) is 22.0 Å². The number of furan rings is 1. The van der Waals surface area contributed by atoms with E-state index in [-0.39, 0.29) is 11.6 Å². The number of fused-ring (bicyclic) bond motifs is 1. The highest BCUT2D eigenvalue weighted by atomic mass is 79.9. The van der Waals surface area contributed by atoms with Crippen LogP contribution in [0.1, 0.15) is 24.3 Å². The lowest BCUT2D eigenvalue weighted by Gasteiger charge is -2.23. The SMILES string of the molecule is C[C@@H]1O[C@H](c2cn(-c3ccc(Br)cc3)nc2-c2ccoc2)N(CCc2ccc3[nH]c(=O)[nH]c3c2)C1=O. The molecule has 2 atom stereocenters. The summed E-state index contributed by atoms with van der Waals surface area (Å²) in [5.41, 5.74) is 5.41. The van der Waals surface area contributed by atoms with E-state index in [1.807, 2.05) is 54.7 Å². The van der Waals surface area contributed by atoms with Crippen molar-refractivity contribution in [2.75, 3.05) is 6.54 Å². The first kappa shape index (κ1) is 22.6. The molecule has 182 valence electrons. The van der Waals surface area contributed by atoms with Crippen LogP contribution in [0, 0.1) is 0 Å². The molecular formula is C26H22BrN5O4. The van der Waals surface area contributed by atoms with Gasteiger partial charge in [0.1, 0.15) is 11.8 Å². The minimum Gasteiger partial charge on any atom is -0.472 e. The van der Waals surface area contributed by atoms with Crippen molar-refractivity contribution in [2.45, 2.75) is 25.7 Å². The Balaban J connectivity index is 1.34. The number of H-pyrrole nitrogens is 2. The van der Waals surface area contributed by atoms with Crippen LogP contribution in [-0.4, -0.2) is 43.2 Å². The van der Waals surface area contributed by atoms with E-state index in [1.165, 1.54) is 0 Å². The van der Waals surface area contributed by atoms with Crippen LogP contribution >= 0.6 is 15.9 Å². The van der Waals surface area contributed by atoms with Crippen molar-refractivity contribution in [1.29, 1.82) is 0 Å². The van der Waals surface area contributed by atoms with E-state index in [4.69, 9.17) is 14.3 Å². The van der Waals surface area contributed by atoms with Crippen LogP contribution in [0.15, 0.2) is 80.9 Å². The van der Waals surface area contributed by atoms with Gasteiger partial charge in [0.15, 0.2) is 6.23 Å². The molecule has 2 aromatic carbocycles. The van der Waals surface area contributed by atoms with Gasteiger partial charge < -0.3 is 24.0 Å². The molecule has 1 saturated heterocycles. The molecule has 1 aliphatic heterocycles. The van der Waals surface area contributed by atoms with Crippen LogP contribution in [0.5, 0.6) is 0 Å². The summed E-state index contributed by atoms with van der Waals surface area (Å²) in [6, 6.07) is 15.4. The van der Waals surface area contributed by atoms with Crippen LogP contribution in [0.4, 0.5) is 0 Å². The molecule has 36 heavy (non-hydrogen) atoms. The van der Waals surface area contributed by atoms with Crippen LogP contribution in [-0.2, 0) is 16.0 Å². The first-order valence-corrected chi connectivity index (χ1v) is 12.3. The first-order valence-electron chi connectivity index (χ1n) is 11.5. The highest BCUT2D eigenvalue weighted by molar-refractivity contribution is 9.10. The zero-order chi connectivity index (χ0) is 24.8. The molecule has 0 saturated carbocycles. The molecule has 4 heterocycles. The molecule has 0 bridgehead atoms. The van der Waals surface area contributed by atoms with Gasteiger partial charge in [-0.2, -0.15) is 5.10 Å². The van der Waals surface area contributed by atoms with Crippen LogP contribution in [0.3, 0.4) is 0 Å². The van der Waals surface area contributed by atoms with Gasteiger partial charge in [-0.05, 0) is 61.4 Å². The largest absolute Gasteiger partial charge is 0.472 e. The van der Waals surface area contributed by atoms with Crippen molar-refractivity contribution in [3.63, 3.8) is 0 Å². The number of rotatable bonds is 6. The van der Waals surface area contributed by atoms with Crippen molar-refractivity contribution in [3.05, 3.63) is 93.3 Å². The Labute approximate surface area is 213 Å². The highest BCUT2D eigenvalue weighted by Crippen LogP contribution is 2.37. The minimum atomic E-state index is -0.600. The topological polar surface area (TPSA) is 109 Å². The maximum Gasteiger partial charge on any atom is 0.323 e. The lowest BCUT2D eigenvalue weighted by molar-refractivity contribution is -0.130. The molecule has 9 nitrogen and oxygen atoms in total. The molecule has 3 aromatic heterocycles. The average Bonchev–Trinajstić information content (AvgIpc) is 3.65. The van der Waals surface area contributed by atoms with Crippen molar-refractivity contribution in [3.8, 4) is 16.9 Å². The van der Waals surface area contributed by atoms with Crippen molar-refractivity contribution < 1.29 is 13.9 Å². The number of imidazole rings is 1. The molecule has 0 unspecified atom stereocenters. The predicted molar refractivity (Wildman–Crippen MR) is 137 cm³/mol. The number of nitrogens with zero attached hydrogens (tertiary/aromatic N) is 3. The summed E-state index contributed by atoms with van der Waals surface area (Å²) in [5, 5.41) is 4.82. The molecular weight excluding hydrogens is 526 g/mol. The van der Waals surface area contributed by atoms with E-state index >= 15 is 0 Å². The third-order valence-electron chi connectivity index (χ3n) is 6.36. The Hall–Kier alpha value is -3.89. The molecule has 1 aliphatic rings. The third-order valence-corrected chi connectivity index (χ3v) is 6.89. The van der Waals surface area contributed by atoms with Crippen LogP contribution < -0.4 is 5.69 Å². The van der Waals surface area contributed by atoms with E-state index in [0.29, 0.717) is 18.7 Å². The summed E-state index contributed by atoms with van der Waals surface area (Å²) in [4.78, 5) is 32.0. The van der Waals surface area contributed by atoms with E-state index in [9.17, 15) is 9.59 Å². The Kier molecular flexibility index (Phi) is 5.62. The smallest absolute Gasteiger partial charge is 0.323 e. The molecule has 0 aliphatic carbocycles. The van der Waals surface area contributed by atoms with Crippen LogP contribution in [0.25, 0.3) is 28.0 Å². The van der Waals surface area contributed by atoms with Gasteiger partial charge in [-0.25, -0.2) is 9.48 Å². The molecule has 5 aromatic rings. The summed E-state index contributed by atoms with van der Waals surface area (Å²) in [7, 11) is 0. The maximum absolute atomic E-state index is 13.1. The summed E-state index contributed by atoms with van der Waals surface area (Å²) in [6.07, 6.45) is 4.56. The van der Waals surface area contributed by atoms with Crippen molar-refractivity contribution in [1.82, 2.24) is 24.6 Å². The number of amides is 1. The summed E-state index contributed by atoms with van der Waals surface area (Å²) < 4.78 is 14.3. The standard InChI is InChI=1S/C26H22BrN5O4/c1-15-24(33)31(10-8-16-2-7-21-22(12-16)29-26(34)28-21)25(36-15)20-13-32(19-5-3-18(27)4-6-19)30-23(20)17-9-11-35-14-17/h2-7,9,11-15,25H,8,10H2,1H3,(H2,28,29,34)/t15-,25+/m0/s1. The number of aromatic amines is 2. The number of nitrogens with one attached hydrogen (secondary N) is 2. The Bertz CT molecular complexity index is 1600. The van der Waals surface area contributed by atoms with Crippen LogP contribution in [0.2, 0.25) is 0 Å². The fraction of sp³-hybridized carbons (Fsp3) is 0.192. The first-order chi connectivity index (χ1) is 17.5. The molecule has 6 rings (SSSR count). The Morgan fingerprint density at radius 2 is 1.86 bits per heavy atom. The summed E-state index contributed by atoms with van der Waals surface area (Å²) >= 11 is 3.47. The second-order valence-corrected chi connectivity index (χ2v) is 9.65. The maximum atomic E-state index is 13.1. The third kappa shape index (κ3) is 4.08. The number of carbonyl (C=O) groups is 1. The van der Waals surface area contributed by atoms with E-state index in [0.717, 1.165) is 37.9 Å². The monoisotopic (exact) mass is 547 g/mol. The number of aromatic nitrogens is 4. The lowest BCUT2D eigenvalue weighted by atomic mass is 10.1. The number of hydrogen-bond donors (Lipinski definition) is 2. The van der Waals surface area contributed by atoms with Gasteiger partial charge in [0.05, 0.1) is 29.2 Å². The Morgan fingerprint density at radius 1 is 1.06 bits per heavy atom. The highest BCUT2D eigenvalue weighted by Gasteiger charge is 2.40. The number of hydrogen-bond acceptors (Lipinski definition) is 5. The van der Waals surface area contributed by atoms with E-state index in [2.05, 4.69) is 25.9 Å². The average molecular weight is 548 g/mol. The zero-order valence-corrected chi connectivity index (χ0v) is 20.9. The number of halogens is 1. The summed E-state index contributed by atoms with van der Waals surface area (Å²) in [6.45, 7) is 2.21. The Morgan fingerprint density at radius 3 is 2.64 bits per heavy atom. The van der Waals surface area contributed by atoms with Crippen molar-refractivity contribution >= 4 is 32.9 Å². The fourth-order valence-corrected chi connectivity index (χ4v) is 4.81. The minimum absolute atomic E-state index is 0.0781. The fourth-order valence-electron chi connectivity index (χ4n) is 4.55. The molecule has 2 N–H and O–H groups in total. The number of carbonyl (C=O) groups excluding carboxylic acids is 1. The van der Waals surface area contributed by atoms with Gasteiger partial charge in [0.25, 0.3) is 5.91 Å². The van der Waals surface area contributed by atoms with E-state index < -0.39 is 12.3 Å². The number of benzene rings is 2. The predicted octanol–water partition coefficient (Wildman–Crippen LogP) is 4.55. The molecule has 10 heteroatoms. The lowest BCUT2D eigenvalue weighted by Crippen LogP contribution is -2.32. The van der Waals surface area contributed by atoms with Gasteiger partial charge in [-0.15, -0.1) is 0 Å². The summed E-state index contributed by atoms with van der Waals surface area (Å²) in [5.74, 6) is -0.0781. The van der Waals surface area contributed by atoms with E-state index in [1.54, 1.807) is 29.0 Å². The molecule has 0 radical (unpaired) electrons. The van der Waals surface area contributed by atoms with Gasteiger partial charge in [0, 0.05) is 28.3 Å². The number of ether oxygens (including phenoxy) is 1. The normalized spacial score (nSPS) is 17.9.